The Balaban J connectivity index is 2.09. The van der Waals surface area contributed by atoms with Crippen LogP contribution in [0.3, 0.4) is 0 Å². The molecule has 0 atom stereocenters. The Kier molecular flexibility index (Phi) is 4.27. The zero-order valence-corrected chi connectivity index (χ0v) is 12.3. The molecular weight excluding hydrogens is 274 g/mol. The van der Waals surface area contributed by atoms with Crippen LogP contribution in [0.1, 0.15) is 11.6 Å². The third-order valence-corrected chi connectivity index (χ3v) is 2.84. The van der Waals surface area contributed by atoms with Gasteiger partial charge in [0.05, 0.1) is 14.2 Å². The van der Waals surface area contributed by atoms with Gasteiger partial charge in [-0.15, -0.1) is 10.2 Å². The molecule has 0 spiro atoms. The third-order valence-electron chi connectivity index (χ3n) is 2.84. The molecule has 21 heavy (non-hydrogen) atoms. The van der Waals surface area contributed by atoms with Crippen LogP contribution in [-0.4, -0.2) is 35.1 Å². The second-order valence-corrected chi connectivity index (χ2v) is 4.27. The first-order valence-electron chi connectivity index (χ1n) is 6.23. The molecule has 0 bridgehead atoms. The smallest absolute Gasteiger partial charge is 0.338 e. The lowest BCUT2D eigenvalue weighted by Gasteiger charge is -2.12. The highest BCUT2D eigenvalue weighted by atomic mass is 16.5. The number of carbonyl (C=O) groups excluding carboxylic acids is 1. The maximum Gasteiger partial charge on any atom is 0.338 e. The molecule has 1 aromatic heterocycles. The van der Waals surface area contributed by atoms with E-state index in [0.717, 1.165) is 0 Å². The van der Waals surface area contributed by atoms with Crippen LogP contribution < -0.4 is 20.2 Å². The van der Waals surface area contributed by atoms with Crippen molar-refractivity contribution in [3.05, 3.63) is 29.8 Å². The molecule has 0 unspecified atom stereocenters. The number of nitrogens with one attached hydrogen (secondary N) is 2. The first-order valence-corrected chi connectivity index (χ1v) is 6.23. The van der Waals surface area contributed by atoms with E-state index in [9.17, 15) is 4.79 Å². The van der Waals surface area contributed by atoms with Gasteiger partial charge in [-0.25, -0.2) is 14.9 Å². The normalized spacial score (nSPS) is 10.1. The predicted molar refractivity (Wildman–Crippen MR) is 77.4 cm³/mol. The number of benzene rings is 1. The van der Waals surface area contributed by atoms with Crippen molar-refractivity contribution in [1.82, 2.24) is 14.9 Å². The molecule has 2 N–H and O–H groups in total. The van der Waals surface area contributed by atoms with Crippen LogP contribution in [-0.2, 0) is 0 Å². The van der Waals surface area contributed by atoms with Crippen molar-refractivity contribution in [2.24, 2.45) is 0 Å². The van der Waals surface area contributed by atoms with Crippen molar-refractivity contribution in [3.8, 4) is 11.5 Å². The molecule has 1 aromatic carbocycles. The van der Waals surface area contributed by atoms with Gasteiger partial charge in [0.25, 0.3) is 0 Å². The Morgan fingerprint density at radius 3 is 2.29 bits per heavy atom. The average molecular weight is 291 g/mol. The second-order valence-electron chi connectivity index (χ2n) is 4.27. The van der Waals surface area contributed by atoms with Gasteiger partial charge in [0.1, 0.15) is 11.6 Å². The van der Waals surface area contributed by atoms with Gasteiger partial charge >= 0.3 is 6.03 Å². The summed E-state index contributed by atoms with van der Waals surface area (Å²) in [6.45, 7) is 3.49. The minimum atomic E-state index is -0.409. The molecule has 0 aliphatic rings. The number of hydrogen-bond donors (Lipinski definition) is 2. The molecule has 0 aliphatic carbocycles. The molecule has 0 saturated heterocycles. The molecule has 0 fully saturated rings. The van der Waals surface area contributed by atoms with E-state index in [1.54, 1.807) is 39.2 Å². The Labute approximate surface area is 122 Å². The van der Waals surface area contributed by atoms with E-state index in [1.165, 1.54) is 11.8 Å². The number of urea groups is 1. The fourth-order valence-corrected chi connectivity index (χ4v) is 1.80. The van der Waals surface area contributed by atoms with Crippen LogP contribution in [0.4, 0.5) is 10.5 Å². The van der Waals surface area contributed by atoms with E-state index >= 15 is 0 Å². The molecule has 2 aromatic rings. The van der Waals surface area contributed by atoms with Crippen LogP contribution in [0.5, 0.6) is 11.5 Å². The van der Waals surface area contributed by atoms with Crippen molar-refractivity contribution in [2.45, 2.75) is 13.8 Å². The van der Waals surface area contributed by atoms with Crippen LogP contribution in [0, 0.1) is 13.8 Å². The number of aromatic nitrogens is 3. The molecule has 1 heterocycles. The summed E-state index contributed by atoms with van der Waals surface area (Å²) >= 11 is 0. The first-order chi connectivity index (χ1) is 10.0. The minimum Gasteiger partial charge on any atom is -0.493 e. The SMILES string of the molecule is COc1ccc(NC(=O)Nn2c(C)nnc2C)cc1OC. The Morgan fingerprint density at radius 1 is 1.10 bits per heavy atom. The topological polar surface area (TPSA) is 90.3 Å². The molecule has 2 amide bonds. The number of hydrogen-bond acceptors (Lipinski definition) is 5. The van der Waals surface area contributed by atoms with E-state index in [0.29, 0.717) is 28.8 Å². The fraction of sp³-hybridized carbons (Fsp3) is 0.308. The van der Waals surface area contributed by atoms with E-state index in [2.05, 4.69) is 20.9 Å². The summed E-state index contributed by atoms with van der Waals surface area (Å²) in [6, 6.07) is 4.69. The third kappa shape index (κ3) is 3.22. The quantitative estimate of drug-likeness (QED) is 0.894. The summed E-state index contributed by atoms with van der Waals surface area (Å²) in [5.74, 6) is 2.31. The lowest BCUT2D eigenvalue weighted by atomic mass is 10.3. The molecule has 8 heteroatoms. The maximum absolute atomic E-state index is 12.0. The van der Waals surface area contributed by atoms with Gasteiger partial charge in [0, 0.05) is 11.8 Å². The van der Waals surface area contributed by atoms with Gasteiger partial charge < -0.3 is 14.8 Å². The number of amides is 2. The highest BCUT2D eigenvalue weighted by Gasteiger charge is 2.10. The molecule has 0 saturated carbocycles. The van der Waals surface area contributed by atoms with E-state index in [-0.39, 0.29) is 0 Å². The molecule has 2 rings (SSSR count). The zero-order valence-electron chi connectivity index (χ0n) is 12.3. The van der Waals surface area contributed by atoms with Crippen LogP contribution in [0.25, 0.3) is 0 Å². The second kappa shape index (κ2) is 6.12. The summed E-state index contributed by atoms with van der Waals surface area (Å²) in [7, 11) is 3.08. The van der Waals surface area contributed by atoms with E-state index in [1.807, 2.05) is 0 Å². The van der Waals surface area contributed by atoms with Crippen molar-refractivity contribution in [2.75, 3.05) is 25.0 Å². The number of carbonyl (C=O) groups is 1. The van der Waals surface area contributed by atoms with Gasteiger partial charge in [0.2, 0.25) is 0 Å². The number of aryl methyl sites for hydroxylation is 2. The number of rotatable bonds is 4. The summed E-state index contributed by atoms with van der Waals surface area (Å²) in [5, 5.41) is 10.4. The van der Waals surface area contributed by atoms with Gasteiger partial charge in [-0.1, -0.05) is 0 Å². The highest BCUT2D eigenvalue weighted by Crippen LogP contribution is 2.29. The van der Waals surface area contributed by atoms with Crippen molar-refractivity contribution < 1.29 is 14.3 Å². The van der Waals surface area contributed by atoms with Crippen molar-refractivity contribution in [3.63, 3.8) is 0 Å². The Hall–Kier alpha value is -2.77. The summed E-state index contributed by atoms with van der Waals surface area (Å²) in [4.78, 5) is 12.0. The zero-order chi connectivity index (χ0) is 15.4. The number of ether oxygens (including phenoxy) is 2. The molecule has 0 radical (unpaired) electrons. The highest BCUT2D eigenvalue weighted by molar-refractivity contribution is 5.95. The summed E-state index contributed by atoms with van der Waals surface area (Å²) < 4.78 is 11.8. The molecule has 8 nitrogen and oxygen atoms in total. The van der Waals surface area contributed by atoms with Gasteiger partial charge in [-0.3, -0.25) is 0 Å². The number of anilines is 1. The van der Waals surface area contributed by atoms with Crippen LogP contribution in [0.15, 0.2) is 18.2 Å². The number of nitrogens with zero attached hydrogens (tertiary/aromatic N) is 3. The van der Waals surface area contributed by atoms with Gasteiger partial charge in [0.15, 0.2) is 11.5 Å². The lowest BCUT2D eigenvalue weighted by molar-refractivity contribution is 0.259. The van der Waals surface area contributed by atoms with Crippen molar-refractivity contribution in [1.29, 1.82) is 0 Å². The lowest BCUT2D eigenvalue weighted by Crippen LogP contribution is -2.29. The Morgan fingerprint density at radius 2 is 1.71 bits per heavy atom. The van der Waals surface area contributed by atoms with Gasteiger partial charge in [-0.2, -0.15) is 0 Å². The Bertz CT molecular complexity index is 634. The van der Waals surface area contributed by atoms with Crippen LogP contribution >= 0.6 is 0 Å². The number of methoxy groups -OCH3 is 2. The molecule has 112 valence electrons. The summed E-state index contributed by atoms with van der Waals surface area (Å²) in [6.07, 6.45) is 0. The largest absolute Gasteiger partial charge is 0.493 e. The first kappa shape index (κ1) is 14.6. The van der Waals surface area contributed by atoms with Gasteiger partial charge in [-0.05, 0) is 26.0 Å². The van der Waals surface area contributed by atoms with Crippen LogP contribution in [0.2, 0.25) is 0 Å². The fourth-order valence-electron chi connectivity index (χ4n) is 1.80. The molecule has 0 aliphatic heterocycles. The van der Waals surface area contributed by atoms with E-state index in [4.69, 9.17) is 9.47 Å². The average Bonchev–Trinajstić information content (AvgIpc) is 2.79. The van der Waals surface area contributed by atoms with E-state index < -0.39 is 6.03 Å². The maximum atomic E-state index is 12.0. The monoisotopic (exact) mass is 291 g/mol. The predicted octanol–water partition coefficient (Wildman–Crippen LogP) is 1.69. The molecular formula is C13H17N5O3. The minimum absolute atomic E-state index is 0.409. The standard InChI is InChI=1S/C13H17N5O3/c1-8-15-16-9(2)18(8)17-13(19)14-10-5-6-11(20-3)12(7-10)21-4/h5-7H,1-4H3,(H2,14,17,19). The van der Waals surface area contributed by atoms with Crippen molar-refractivity contribution >= 4 is 11.7 Å². The summed E-state index contributed by atoms with van der Waals surface area (Å²) in [5.41, 5.74) is 3.22.